The minimum Gasteiger partial charge on any atom is -0.311 e. The third-order valence-corrected chi connectivity index (χ3v) is 4.48. The topological polar surface area (TPSA) is 37.4 Å². The summed E-state index contributed by atoms with van der Waals surface area (Å²) in [4.78, 5) is 26.6. The van der Waals surface area contributed by atoms with Gasteiger partial charge >= 0.3 is 0 Å². The number of carbonyl (C=O) groups is 2. The molecular formula is C18H15BrFNO2. The van der Waals surface area contributed by atoms with Crippen LogP contribution in [0.1, 0.15) is 27.9 Å². The summed E-state index contributed by atoms with van der Waals surface area (Å²) in [6, 6.07) is 11.3. The molecule has 0 atom stereocenters. The van der Waals surface area contributed by atoms with E-state index >= 15 is 0 Å². The second-order valence-electron chi connectivity index (χ2n) is 5.40. The zero-order valence-corrected chi connectivity index (χ0v) is 14.0. The third-order valence-electron chi connectivity index (χ3n) is 4.00. The summed E-state index contributed by atoms with van der Waals surface area (Å²) in [6.45, 7) is 0.568. The summed E-state index contributed by atoms with van der Waals surface area (Å²) in [5, 5.41) is 0.189. The van der Waals surface area contributed by atoms with Crippen LogP contribution in [-0.4, -0.2) is 23.6 Å². The van der Waals surface area contributed by atoms with Gasteiger partial charge in [-0.1, -0.05) is 40.2 Å². The summed E-state index contributed by atoms with van der Waals surface area (Å²) in [7, 11) is 0. The monoisotopic (exact) mass is 375 g/mol. The van der Waals surface area contributed by atoms with Gasteiger partial charge in [-0.2, -0.15) is 0 Å². The van der Waals surface area contributed by atoms with Crippen LogP contribution in [0.15, 0.2) is 42.5 Å². The SMILES string of the molecule is O=C(c1ccccc1F)c1cccc2c1N(C(=O)CBr)CCC2. The van der Waals surface area contributed by atoms with Crippen molar-refractivity contribution in [1.82, 2.24) is 0 Å². The van der Waals surface area contributed by atoms with Gasteiger partial charge in [-0.05, 0) is 36.6 Å². The van der Waals surface area contributed by atoms with Gasteiger partial charge in [0.2, 0.25) is 5.91 Å². The van der Waals surface area contributed by atoms with Crippen LogP contribution in [0, 0.1) is 5.82 Å². The first-order chi connectivity index (χ1) is 11.1. The molecule has 0 aromatic heterocycles. The number of anilines is 1. The maximum absolute atomic E-state index is 14.0. The van der Waals surface area contributed by atoms with Gasteiger partial charge in [0, 0.05) is 12.1 Å². The van der Waals surface area contributed by atoms with Crippen molar-refractivity contribution in [2.75, 3.05) is 16.8 Å². The smallest absolute Gasteiger partial charge is 0.237 e. The number of amides is 1. The Hall–Kier alpha value is -2.01. The van der Waals surface area contributed by atoms with Gasteiger partial charge < -0.3 is 4.90 Å². The molecule has 0 bridgehead atoms. The average Bonchev–Trinajstić information content (AvgIpc) is 2.60. The molecule has 0 radical (unpaired) electrons. The van der Waals surface area contributed by atoms with E-state index in [1.807, 2.05) is 6.07 Å². The van der Waals surface area contributed by atoms with Crippen molar-refractivity contribution in [1.29, 1.82) is 0 Å². The van der Waals surface area contributed by atoms with Crippen LogP contribution in [0.25, 0.3) is 0 Å². The Kier molecular flexibility index (Phi) is 4.57. The second kappa shape index (κ2) is 6.62. The number of nitrogens with zero attached hydrogens (tertiary/aromatic N) is 1. The van der Waals surface area contributed by atoms with Gasteiger partial charge in [-0.15, -0.1) is 0 Å². The molecule has 23 heavy (non-hydrogen) atoms. The number of ketones is 1. The fourth-order valence-electron chi connectivity index (χ4n) is 2.95. The highest BCUT2D eigenvalue weighted by atomic mass is 79.9. The Labute approximate surface area is 142 Å². The molecule has 1 aliphatic heterocycles. The Morgan fingerprint density at radius 2 is 1.83 bits per heavy atom. The predicted molar refractivity (Wildman–Crippen MR) is 90.7 cm³/mol. The summed E-state index contributed by atoms with van der Waals surface area (Å²) in [6.07, 6.45) is 1.66. The third kappa shape index (κ3) is 2.93. The van der Waals surface area contributed by atoms with Crippen molar-refractivity contribution in [3.8, 4) is 0 Å². The molecule has 0 fully saturated rings. The number of alkyl halides is 1. The molecule has 2 aromatic carbocycles. The molecule has 1 heterocycles. The van der Waals surface area contributed by atoms with E-state index in [0.29, 0.717) is 17.8 Å². The normalized spacial score (nSPS) is 13.6. The van der Waals surface area contributed by atoms with Crippen molar-refractivity contribution < 1.29 is 14.0 Å². The quantitative estimate of drug-likeness (QED) is 0.605. The van der Waals surface area contributed by atoms with Gasteiger partial charge in [-0.25, -0.2) is 4.39 Å². The molecule has 0 saturated heterocycles. The number of rotatable bonds is 3. The van der Waals surface area contributed by atoms with Crippen molar-refractivity contribution in [3.05, 3.63) is 65.0 Å². The summed E-state index contributed by atoms with van der Waals surface area (Å²) in [5.74, 6) is -1.04. The van der Waals surface area contributed by atoms with Crippen LogP contribution in [0.5, 0.6) is 0 Å². The summed E-state index contributed by atoms with van der Waals surface area (Å²) in [5.41, 5.74) is 1.98. The molecule has 0 aliphatic carbocycles. The number of fused-ring (bicyclic) bond motifs is 1. The highest BCUT2D eigenvalue weighted by Gasteiger charge is 2.28. The molecule has 0 N–H and O–H groups in total. The van der Waals surface area contributed by atoms with Crippen LogP contribution >= 0.6 is 15.9 Å². The molecule has 0 saturated carbocycles. The maximum atomic E-state index is 14.0. The van der Waals surface area contributed by atoms with E-state index in [0.717, 1.165) is 18.4 Å². The van der Waals surface area contributed by atoms with E-state index in [9.17, 15) is 14.0 Å². The number of hydrogen-bond donors (Lipinski definition) is 0. The van der Waals surface area contributed by atoms with Crippen molar-refractivity contribution in [3.63, 3.8) is 0 Å². The van der Waals surface area contributed by atoms with E-state index in [1.54, 1.807) is 29.2 Å². The van der Waals surface area contributed by atoms with E-state index in [2.05, 4.69) is 15.9 Å². The Morgan fingerprint density at radius 3 is 2.57 bits per heavy atom. The number of aryl methyl sites for hydroxylation is 1. The molecule has 1 aliphatic rings. The molecule has 0 spiro atoms. The predicted octanol–water partition coefficient (Wildman–Crippen LogP) is 3.73. The molecule has 3 nitrogen and oxygen atoms in total. The molecule has 3 rings (SSSR count). The lowest BCUT2D eigenvalue weighted by molar-refractivity contribution is -0.116. The van der Waals surface area contributed by atoms with Gasteiger partial charge in [0.15, 0.2) is 5.78 Å². The van der Waals surface area contributed by atoms with Crippen LogP contribution in [-0.2, 0) is 11.2 Å². The standard InChI is InChI=1S/C18H15BrFNO2/c19-11-16(22)21-10-4-6-12-5-3-8-14(17(12)21)18(23)13-7-1-2-9-15(13)20/h1-3,5,7-9H,4,6,10-11H2. The molecule has 0 unspecified atom stereocenters. The first-order valence-electron chi connectivity index (χ1n) is 7.41. The minimum absolute atomic E-state index is 0.0257. The fraction of sp³-hybridized carbons (Fsp3) is 0.222. The van der Waals surface area contributed by atoms with Crippen molar-refractivity contribution in [2.45, 2.75) is 12.8 Å². The number of carbonyl (C=O) groups excluding carboxylic acids is 2. The van der Waals surface area contributed by atoms with Crippen LogP contribution < -0.4 is 4.90 Å². The first-order valence-corrected chi connectivity index (χ1v) is 8.53. The number of para-hydroxylation sites is 1. The van der Waals surface area contributed by atoms with Crippen LogP contribution in [0.4, 0.5) is 10.1 Å². The molecule has 1 amide bonds. The number of benzene rings is 2. The van der Waals surface area contributed by atoms with Gasteiger partial charge in [0.05, 0.1) is 16.6 Å². The molecule has 118 valence electrons. The van der Waals surface area contributed by atoms with E-state index in [1.165, 1.54) is 12.1 Å². The van der Waals surface area contributed by atoms with Gasteiger partial charge in [0.1, 0.15) is 5.82 Å². The summed E-state index contributed by atoms with van der Waals surface area (Å²) < 4.78 is 14.0. The fourth-order valence-corrected chi connectivity index (χ4v) is 3.25. The largest absolute Gasteiger partial charge is 0.311 e. The van der Waals surface area contributed by atoms with Gasteiger partial charge in [-0.3, -0.25) is 9.59 Å². The van der Waals surface area contributed by atoms with E-state index < -0.39 is 11.6 Å². The zero-order valence-electron chi connectivity index (χ0n) is 12.4. The van der Waals surface area contributed by atoms with Crippen molar-refractivity contribution >= 4 is 33.3 Å². The lowest BCUT2D eigenvalue weighted by atomic mass is 9.93. The number of halogens is 2. The van der Waals surface area contributed by atoms with E-state index in [-0.39, 0.29) is 16.8 Å². The molecule has 5 heteroatoms. The second-order valence-corrected chi connectivity index (χ2v) is 5.97. The lowest BCUT2D eigenvalue weighted by Gasteiger charge is -2.31. The highest BCUT2D eigenvalue weighted by Crippen LogP contribution is 2.33. The van der Waals surface area contributed by atoms with Crippen LogP contribution in [0.3, 0.4) is 0 Å². The highest BCUT2D eigenvalue weighted by molar-refractivity contribution is 9.09. The van der Waals surface area contributed by atoms with Crippen LogP contribution in [0.2, 0.25) is 0 Å². The molecular weight excluding hydrogens is 361 g/mol. The first kappa shape index (κ1) is 15.9. The Balaban J connectivity index is 2.13. The molecule has 2 aromatic rings. The Morgan fingerprint density at radius 1 is 1.09 bits per heavy atom. The van der Waals surface area contributed by atoms with E-state index in [4.69, 9.17) is 0 Å². The minimum atomic E-state index is -0.552. The maximum Gasteiger partial charge on any atom is 0.237 e. The number of hydrogen-bond acceptors (Lipinski definition) is 2. The average molecular weight is 376 g/mol. The Bertz CT molecular complexity index is 775. The summed E-state index contributed by atoms with van der Waals surface area (Å²) >= 11 is 3.18. The zero-order chi connectivity index (χ0) is 16.4. The van der Waals surface area contributed by atoms with Gasteiger partial charge in [0.25, 0.3) is 0 Å². The lowest BCUT2D eigenvalue weighted by Crippen LogP contribution is -2.37. The van der Waals surface area contributed by atoms with Crippen molar-refractivity contribution in [2.24, 2.45) is 0 Å².